The predicted molar refractivity (Wildman–Crippen MR) is 106 cm³/mol. The van der Waals surface area contributed by atoms with Crippen molar-refractivity contribution in [2.24, 2.45) is 46.3 Å². The van der Waals surface area contributed by atoms with Crippen molar-refractivity contribution in [3.8, 4) is 0 Å². The summed E-state index contributed by atoms with van der Waals surface area (Å²) in [7, 11) is 0. The van der Waals surface area contributed by atoms with Crippen LogP contribution < -0.4 is 5.11 Å². The van der Waals surface area contributed by atoms with E-state index in [1.54, 1.807) is 0 Å². The van der Waals surface area contributed by atoms with Gasteiger partial charge in [-0.3, -0.25) is 4.79 Å². The molecule has 5 nitrogen and oxygen atoms in total. The molecule has 4 rings (SSSR count). The Morgan fingerprint density at radius 1 is 1.17 bits per heavy atom. The molecule has 0 unspecified atom stereocenters. The number of Topliss-reactive ketones (excluding diaryl/α,β-unsaturated/α-hetero) is 1. The number of hydrogen-bond donors (Lipinski definition) is 2. The maximum absolute atomic E-state index is 13.6. The van der Waals surface area contributed by atoms with Gasteiger partial charge in [0.25, 0.3) is 0 Å². The Hall–Kier alpha value is -0.940. The first-order chi connectivity index (χ1) is 13.6. The van der Waals surface area contributed by atoms with Crippen molar-refractivity contribution in [3.05, 3.63) is 0 Å². The third-order valence-corrected chi connectivity index (χ3v) is 10.1. The fourth-order valence-corrected chi connectivity index (χ4v) is 8.41. The topological polar surface area (TPSA) is 97.7 Å². The Morgan fingerprint density at radius 3 is 2.59 bits per heavy atom. The van der Waals surface area contributed by atoms with Gasteiger partial charge in [0.15, 0.2) is 0 Å². The van der Waals surface area contributed by atoms with Crippen LogP contribution in [-0.2, 0) is 9.59 Å². The molecular formula is C24H37O5-. The predicted octanol–water partition coefficient (Wildman–Crippen LogP) is 2.32. The van der Waals surface area contributed by atoms with Gasteiger partial charge in [0.05, 0.1) is 12.2 Å². The molecule has 0 amide bonds. The highest BCUT2D eigenvalue weighted by molar-refractivity contribution is 5.87. The summed E-state index contributed by atoms with van der Waals surface area (Å²) in [4.78, 5) is 24.6. The van der Waals surface area contributed by atoms with Crippen LogP contribution in [0, 0.1) is 46.3 Å². The Balaban J connectivity index is 1.62. The molecule has 4 aliphatic rings. The largest absolute Gasteiger partial charge is 0.550 e. The number of carbonyl (C=O) groups excluding carboxylic acids is 2. The van der Waals surface area contributed by atoms with E-state index in [9.17, 15) is 24.9 Å². The molecule has 4 saturated carbocycles. The molecular weight excluding hydrogens is 368 g/mol. The fourth-order valence-electron chi connectivity index (χ4n) is 8.41. The van der Waals surface area contributed by atoms with Crippen LogP contribution in [0.25, 0.3) is 0 Å². The third-order valence-electron chi connectivity index (χ3n) is 10.1. The second-order valence-corrected chi connectivity index (χ2v) is 11.2. The number of hydrogen-bond acceptors (Lipinski definition) is 5. The number of ketones is 1. The molecule has 4 aliphatic carbocycles. The van der Waals surface area contributed by atoms with Crippen LogP contribution in [0.2, 0.25) is 0 Å². The zero-order valence-electron chi connectivity index (χ0n) is 18.1. The lowest BCUT2D eigenvalue weighted by atomic mass is 9.43. The molecule has 29 heavy (non-hydrogen) atoms. The molecule has 0 radical (unpaired) electrons. The fraction of sp³-hybridized carbons (Fsp3) is 0.917. The van der Waals surface area contributed by atoms with Gasteiger partial charge in [0.1, 0.15) is 5.78 Å². The average molecular weight is 406 g/mol. The molecule has 0 heterocycles. The number of aliphatic carboxylic acids is 1. The molecule has 0 aromatic rings. The summed E-state index contributed by atoms with van der Waals surface area (Å²) in [6.07, 6.45) is 5.55. The van der Waals surface area contributed by atoms with E-state index in [4.69, 9.17) is 0 Å². The first-order valence-corrected chi connectivity index (χ1v) is 11.7. The lowest BCUT2D eigenvalue weighted by Crippen LogP contribution is -2.61. The molecule has 4 fully saturated rings. The lowest BCUT2D eigenvalue weighted by molar-refractivity contribution is -0.306. The summed E-state index contributed by atoms with van der Waals surface area (Å²) < 4.78 is 0. The van der Waals surface area contributed by atoms with Gasteiger partial charge in [-0.2, -0.15) is 0 Å². The molecule has 0 aromatic carbocycles. The normalized spacial score (nSPS) is 50.4. The van der Waals surface area contributed by atoms with Gasteiger partial charge in [0.2, 0.25) is 0 Å². The van der Waals surface area contributed by atoms with Gasteiger partial charge < -0.3 is 20.1 Å². The Bertz CT molecular complexity index is 676. The summed E-state index contributed by atoms with van der Waals surface area (Å²) in [6, 6.07) is 0. The van der Waals surface area contributed by atoms with E-state index in [1.165, 1.54) is 0 Å². The van der Waals surface area contributed by atoms with Crippen molar-refractivity contribution in [1.29, 1.82) is 0 Å². The van der Waals surface area contributed by atoms with E-state index >= 15 is 0 Å². The average Bonchev–Trinajstić information content (AvgIpc) is 3.01. The van der Waals surface area contributed by atoms with Crippen molar-refractivity contribution in [1.82, 2.24) is 0 Å². The van der Waals surface area contributed by atoms with E-state index in [1.807, 2.05) is 0 Å². The van der Waals surface area contributed by atoms with E-state index in [2.05, 4.69) is 20.8 Å². The molecule has 164 valence electrons. The number of aliphatic hydroxyl groups excluding tert-OH is 2. The Morgan fingerprint density at radius 2 is 1.90 bits per heavy atom. The van der Waals surface area contributed by atoms with Crippen molar-refractivity contribution in [2.45, 2.75) is 90.8 Å². The van der Waals surface area contributed by atoms with Crippen LogP contribution in [-0.4, -0.2) is 34.2 Å². The number of aliphatic hydroxyl groups is 2. The maximum atomic E-state index is 13.6. The van der Waals surface area contributed by atoms with Crippen molar-refractivity contribution < 1.29 is 24.9 Å². The van der Waals surface area contributed by atoms with Crippen LogP contribution in [0.4, 0.5) is 0 Å². The lowest BCUT2D eigenvalue weighted by Gasteiger charge is -2.61. The summed E-state index contributed by atoms with van der Waals surface area (Å²) in [5.74, 6) is 0.477. The maximum Gasteiger partial charge on any atom is 0.139 e. The van der Waals surface area contributed by atoms with E-state index < -0.39 is 17.5 Å². The number of carboxylic acid groups (broad SMARTS) is 1. The van der Waals surface area contributed by atoms with Crippen LogP contribution in [0.5, 0.6) is 0 Å². The molecule has 0 aliphatic heterocycles. The number of carboxylic acids is 1. The zero-order valence-corrected chi connectivity index (χ0v) is 18.1. The number of fused-ring (bicyclic) bond motifs is 5. The smallest absolute Gasteiger partial charge is 0.139 e. The Labute approximate surface area is 174 Å². The molecule has 0 saturated heterocycles. The minimum atomic E-state index is -1.02. The van der Waals surface area contributed by atoms with Crippen LogP contribution in [0.1, 0.15) is 78.6 Å². The van der Waals surface area contributed by atoms with E-state index in [-0.39, 0.29) is 47.5 Å². The van der Waals surface area contributed by atoms with Gasteiger partial charge in [0, 0.05) is 17.8 Å². The Kier molecular flexibility index (Phi) is 5.39. The molecule has 0 spiro atoms. The summed E-state index contributed by atoms with van der Waals surface area (Å²) in [5.41, 5.74) is -0.427. The number of carbonyl (C=O) groups is 2. The summed E-state index contributed by atoms with van der Waals surface area (Å²) in [5, 5.41) is 32.3. The van der Waals surface area contributed by atoms with Crippen molar-refractivity contribution in [2.75, 3.05) is 0 Å². The quantitative estimate of drug-likeness (QED) is 0.748. The molecule has 0 aromatic heterocycles. The minimum Gasteiger partial charge on any atom is -0.550 e. The monoisotopic (exact) mass is 405 g/mol. The summed E-state index contributed by atoms with van der Waals surface area (Å²) >= 11 is 0. The summed E-state index contributed by atoms with van der Waals surface area (Å²) in [6.45, 7) is 6.49. The van der Waals surface area contributed by atoms with Crippen LogP contribution in [0.3, 0.4) is 0 Å². The van der Waals surface area contributed by atoms with E-state index in [0.29, 0.717) is 24.5 Å². The SMILES string of the molecule is C[C@@H](CCC(=O)[O-])[C@@H]1CC[C@H]2[C@H]3[C@H](O)C[C@H]4C[C@@H](O)CC[C@]4(C)[C@@H]3CC(=O)[C@@]21C. The number of rotatable bonds is 4. The molecule has 0 bridgehead atoms. The second-order valence-electron chi connectivity index (χ2n) is 11.2. The second kappa shape index (κ2) is 7.33. The van der Waals surface area contributed by atoms with Gasteiger partial charge in [-0.05, 0) is 92.3 Å². The first-order valence-electron chi connectivity index (χ1n) is 11.7. The highest BCUT2D eigenvalue weighted by atomic mass is 16.4. The molecule has 10 atom stereocenters. The highest BCUT2D eigenvalue weighted by Crippen LogP contribution is 2.67. The van der Waals surface area contributed by atoms with Gasteiger partial charge in [-0.1, -0.05) is 20.8 Å². The standard InChI is InChI=1S/C24H38O5/c1-13(4-7-21(28)29)16-5-6-17-22-18(12-20(27)24(16,17)3)23(2)9-8-15(25)10-14(23)11-19(22)26/h13-19,22,25-26H,4-12H2,1-3H3,(H,28,29)/p-1/t13-,14+,15-,16-,17-,18+,19+,22+,23-,24+/m0/s1. The van der Waals surface area contributed by atoms with Gasteiger partial charge in [-0.15, -0.1) is 0 Å². The zero-order chi connectivity index (χ0) is 21.1. The van der Waals surface area contributed by atoms with Crippen LogP contribution >= 0.6 is 0 Å². The molecule has 2 N–H and O–H groups in total. The van der Waals surface area contributed by atoms with Crippen molar-refractivity contribution in [3.63, 3.8) is 0 Å². The molecule has 5 heteroatoms. The van der Waals surface area contributed by atoms with Crippen molar-refractivity contribution >= 4 is 11.8 Å². The van der Waals surface area contributed by atoms with Gasteiger partial charge in [-0.25, -0.2) is 0 Å². The highest BCUT2D eigenvalue weighted by Gasteiger charge is 2.65. The van der Waals surface area contributed by atoms with Crippen LogP contribution in [0.15, 0.2) is 0 Å². The third kappa shape index (κ3) is 3.18. The minimum absolute atomic E-state index is 0.0266. The van der Waals surface area contributed by atoms with Gasteiger partial charge >= 0.3 is 0 Å². The first kappa shape index (κ1) is 21.3. The van der Waals surface area contributed by atoms with E-state index in [0.717, 1.165) is 38.5 Å².